The van der Waals surface area contributed by atoms with Gasteiger partial charge in [0.25, 0.3) is 0 Å². The van der Waals surface area contributed by atoms with Crippen LogP contribution in [0.1, 0.15) is 19.8 Å². The Kier molecular flexibility index (Phi) is 4.40. The van der Waals surface area contributed by atoms with Crippen molar-refractivity contribution in [1.29, 1.82) is 0 Å². The van der Waals surface area contributed by atoms with Gasteiger partial charge < -0.3 is 5.11 Å². The fraction of sp³-hybridized carbons (Fsp3) is 1.00. The molecule has 0 spiro atoms. The minimum atomic E-state index is 0.319. The lowest BCUT2D eigenvalue weighted by Crippen LogP contribution is -2.35. The fourth-order valence-electron chi connectivity index (χ4n) is 1.80. The molecule has 0 aliphatic carbocycles. The Labute approximate surface area is 80.4 Å². The number of nitrogens with zero attached hydrogens (tertiary/aromatic N) is 1. The first-order valence-electron chi connectivity index (χ1n) is 4.73. The van der Waals surface area contributed by atoms with Crippen LogP contribution in [0.5, 0.6) is 0 Å². The number of hydrogen-bond acceptors (Lipinski definition) is 3. The summed E-state index contributed by atoms with van der Waals surface area (Å²) in [7, 11) is 0. The minimum Gasteiger partial charge on any atom is -0.395 e. The van der Waals surface area contributed by atoms with Gasteiger partial charge >= 0.3 is 0 Å². The molecule has 1 N–H and O–H groups in total. The van der Waals surface area contributed by atoms with Crippen molar-refractivity contribution in [2.45, 2.75) is 25.8 Å². The summed E-state index contributed by atoms with van der Waals surface area (Å²) in [6, 6.07) is 0.423. The highest BCUT2D eigenvalue weighted by Crippen LogP contribution is 2.18. The third-order valence-corrected chi connectivity index (χ3v) is 3.19. The molecule has 1 heterocycles. The third kappa shape index (κ3) is 2.64. The number of aliphatic hydroxyl groups excluding tert-OH is 1. The Bertz CT molecular complexity index is 132. The number of thiol groups is 1. The van der Waals surface area contributed by atoms with Crippen LogP contribution in [0.15, 0.2) is 0 Å². The van der Waals surface area contributed by atoms with Crippen molar-refractivity contribution in [1.82, 2.24) is 4.90 Å². The molecule has 72 valence electrons. The van der Waals surface area contributed by atoms with Gasteiger partial charge in [0.2, 0.25) is 0 Å². The maximum Gasteiger partial charge on any atom is 0.0586 e. The smallest absolute Gasteiger partial charge is 0.0586 e. The number of likely N-dealkylation sites (tertiary alicyclic amines) is 1. The average Bonchev–Trinajstić information content (AvgIpc) is 2.51. The van der Waals surface area contributed by atoms with Gasteiger partial charge in [0, 0.05) is 12.6 Å². The Morgan fingerprint density at radius 1 is 1.67 bits per heavy atom. The highest BCUT2D eigenvalue weighted by atomic mass is 32.1. The summed E-state index contributed by atoms with van der Waals surface area (Å²) in [4.78, 5) is 2.39. The molecule has 0 amide bonds. The van der Waals surface area contributed by atoms with E-state index in [2.05, 4.69) is 24.5 Å². The average molecular weight is 189 g/mol. The minimum absolute atomic E-state index is 0.319. The van der Waals surface area contributed by atoms with Gasteiger partial charge in [0.15, 0.2) is 0 Å². The van der Waals surface area contributed by atoms with E-state index >= 15 is 0 Å². The molecule has 2 atom stereocenters. The molecule has 1 rings (SSSR count). The van der Waals surface area contributed by atoms with E-state index in [1.54, 1.807) is 0 Å². The molecule has 1 saturated heterocycles. The maximum atomic E-state index is 9.06. The Morgan fingerprint density at radius 2 is 2.42 bits per heavy atom. The predicted octanol–water partition coefficient (Wildman–Crippen LogP) is 1.01. The van der Waals surface area contributed by atoms with Crippen LogP contribution in [-0.2, 0) is 0 Å². The zero-order valence-corrected chi connectivity index (χ0v) is 8.63. The standard InChI is InChI=1S/C9H19NOS/c1-8(7-12)5-10-4-2-3-9(10)6-11/h8-9,11-12H,2-7H2,1H3. The van der Waals surface area contributed by atoms with E-state index < -0.39 is 0 Å². The zero-order chi connectivity index (χ0) is 8.97. The van der Waals surface area contributed by atoms with Crippen LogP contribution in [0.25, 0.3) is 0 Å². The summed E-state index contributed by atoms with van der Waals surface area (Å²) in [6.45, 7) is 4.77. The van der Waals surface area contributed by atoms with Crippen LogP contribution in [-0.4, -0.2) is 41.5 Å². The molecule has 3 heteroatoms. The van der Waals surface area contributed by atoms with E-state index in [1.165, 1.54) is 6.42 Å². The Hall–Kier alpha value is 0.270. The van der Waals surface area contributed by atoms with Gasteiger partial charge in [-0.3, -0.25) is 4.90 Å². The summed E-state index contributed by atoms with van der Waals surface area (Å²) in [6.07, 6.45) is 2.40. The van der Waals surface area contributed by atoms with Crippen molar-refractivity contribution in [3.8, 4) is 0 Å². The monoisotopic (exact) mass is 189 g/mol. The second kappa shape index (κ2) is 5.10. The van der Waals surface area contributed by atoms with Gasteiger partial charge in [0.1, 0.15) is 0 Å². The molecule has 0 radical (unpaired) electrons. The molecule has 2 unspecified atom stereocenters. The topological polar surface area (TPSA) is 23.5 Å². The molecule has 0 aromatic rings. The molecule has 0 saturated carbocycles. The first-order valence-corrected chi connectivity index (χ1v) is 5.37. The molecule has 1 aliphatic rings. The SMILES string of the molecule is CC(CS)CN1CCCC1CO. The largest absolute Gasteiger partial charge is 0.395 e. The van der Waals surface area contributed by atoms with Crippen molar-refractivity contribution in [2.75, 3.05) is 25.4 Å². The summed E-state index contributed by atoms with van der Waals surface area (Å²) in [5.41, 5.74) is 0. The van der Waals surface area contributed by atoms with Crippen molar-refractivity contribution >= 4 is 12.6 Å². The molecule has 0 bridgehead atoms. The lowest BCUT2D eigenvalue weighted by molar-refractivity contribution is 0.148. The van der Waals surface area contributed by atoms with Gasteiger partial charge in [-0.1, -0.05) is 6.92 Å². The van der Waals surface area contributed by atoms with Crippen molar-refractivity contribution in [3.63, 3.8) is 0 Å². The van der Waals surface area contributed by atoms with Gasteiger partial charge in [-0.25, -0.2) is 0 Å². The first-order chi connectivity index (χ1) is 5.77. The quantitative estimate of drug-likeness (QED) is 0.645. The molecule has 12 heavy (non-hydrogen) atoms. The van der Waals surface area contributed by atoms with E-state index in [1.807, 2.05) is 0 Å². The van der Waals surface area contributed by atoms with Crippen LogP contribution in [0.4, 0.5) is 0 Å². The highest BCUT2D eigenvalue weighted by Gasteiger charge is 2.24. The van der Waals surface area contributed by atoms with E-state index in [4.69, 9.17) is 5.11 Å². The van der Waals surface area contributed by atoms with E-state index in [9.17, 15) is 0 Å². The number of hydrogen-bond donors (Lipinski definition) is 2. The van der Waals surface area contributed by atoms with Crippen molar-refractivity contribution < 1.29 is 5.11 Å². The zero-order valence-electron chi connectivity index (χ0n) is 7.74. The summed E-state index contributed by atoms with van der Waals surface area (Å²) < 4.78 is 0. The van der Waals surface area contributed by atoms with Crippen LogP contribution >= 0.6 is 12.6 Å². The number of aliphatic hydroxyl groups is 1. The normalized spacial score (nSPS) is 27.8. The van der Waals surface area contributed by atoms with Gasteiger partial charge in [0.05, 0.1) is 6.61 Å². The fourth-order valence-corrected chi connectivity index (χ4v) is 1.92. The summed E-state index contributed by atoms with van der Waals surface area (Å²) >= 11 is 4.26. The number of rotatable bonds is 4. The van der Waals surface area contributed by atoms with Gasteiger partial charge in [-0.2, -0.15) is 12.6 Å². The Balaban J connectivity index is 2.30. The molecule has 0 aromatic heterocycles. The molecule has 0 aromatic carbocycles. The molecule has 1 aliphatic heterocycles. The molecular formula is C9H19NOS. The maximum absolute atomic E-state index is 9.06. The van der Waals surface area contributed by atoms with Crippen molar-refractivity contribution in [3.05, 3.63) is 0 Å². The van der Waals surface area contributed by atoms with E-state index in [0.717, 1.165) is 25.3 Å². The first kappa shape index (κ1) is 10.4. The Morgan fingerprint density at radius 3 is 3.00 bits per heavy atom. The second-order valence-electron chi connectivity index (χ2n) is 3.76. The second-order valence-corrected chi connectivity index (χ2v) is 4.13. The van der Waals surface area contributed by atoms with Gasteiger partial charge in [-0.15, -0.1) is 0 Å². The van der Waals surface area contributed by atoms with E-state index in [-0.39, 0.29) is 0 Å². The van der Waals surface area contributed by atoms with Crippen LogP contribution in [0.2, 0.25) is 0 Å². The van der Waals surface area contributed by atoms with Gasteiger partial charge in [-0.05, 0) is 31.1 Å². The lowest BCUT2D eigenvalue weighted by Gasteiger charge is -2.25. The third-order valence-electron chi connectivity index (χ3n) is 2.57. The summed E-state index contributed by atoms with van der Waals surface area (Å²) in [5.74, 6) is 1.58. The van der Waals surface area contributed by atoms with E-state index in [0.29, 0.717) is 18.6 Å². The molecule has 1 fully saturated rings. The molecular weight excluding hydrogens is 170 g/mol. The highest BCUT2D eigenvalue weighted by molar-refractivity contribution is 7.80. The van der Waals surface area contributed by atoms with Crippen LogP contribution in [0.3, 0.4) is 0 Å². The van der Waals surface area contributed by atoms with Crippen LogP contribution < -0.4 is 0 Å². The summed E-state index contributed by atoms with van der Waals surface area (Å²) in [5, 5.41) is 9.06. The molecule has 2 nitrogen and oxygen atoms in total. The van der Waals surface area contributed by atoms with Crippen LogP contribution in [0, 0.1) is 5.92 Å². The lowest BCUT2D eigenvalue weighted by atomic mass is 10.2. The van der Waals surface area contributed by atoms with Crippen molar-refractivity contribution in [2.24, 2.45) is 5.92 Å². The predicted molar refractivity (Wildman–Crippen MR) is 54.7 cm³/mol.